The first-order chi connectivity index (χ1) is 10.1. The van der Waals surface area contributed by atoms with Crippen LogP contribution < -0.4 is 16.8 Å². The third-order valence-electron chi connectivity index (χ3n) is 2.72. The van der Waals surface area contributed by atoms with Crippen molar-refractivity contribution in [1.29, 1.82) is 0 Å². The number of ether oxygens (including phenoxy) is 1. The maximum atomic E-state index is 11.9. The van der Waals surface area contributed by atoms with E-state index in [-0.39, 0.29) is 12.6 Å². The fourth-order valence-electron chi connectivity index (χ4n) is 1.68. The molecule has 1 aromatic carbocycles. The average molecular weight is 292 g/mol. The van der Waals surface area contributed by atoms with Crippen LogP contribution in [0.3, 0.4) is 0 Å². The van der Waals surface area contributed by atoms with Crippen LogP contribution in [0.2, 0.25) is 0 Å². The first kappa shape index (κ1) is 16.5. The van der Waals surface area contributed by atoms with Crippen molar-refractivity contribution < 1.29 is 14.3 Å². The second-order valence-electron chi connectivity index (χ2n) is 4.38. The molecule has 0 unspecified atom stereocenters. The van der Waals surface area contributed by atoms with Gasteiger partial charge in [-0.3, -0.25) is 9.79 Å². The summed E-state index contributed by atoms with van der Waals surface area (Å²) in [6.07, 6.45) is 1.45. The Kier molecular flexibility index (Phi) is 7.34. The lowest BCUT2D eigenvalue weighted by Gasteiger charge is -2.14. The van der Waals surface area contributed by atoms with E-state index in [0.29, 0.717) is 25.8 Å². The average Bonchev–Trinajstić information content (AvgIpc) is 2.48. The molecular weight excluding hydrogens is 272 g/mol. The predicted molar refractivity (Wildman–Crippen MR) is 79.1 cm³/mol. The van der Waals surface area contributed by atoms with Crippen LogP contribution in [-0.2, 0) is 20.9 Å². The van der Waals surface area contributed by atoms with E-state index in [1.54, 1.807) is 0 Å². The number of esters is 1. The van der Waals surface area contributed by atoms with Gasteiger partial charge >= 0.3 is 5.97 Å². The number of carbonyl (C=O) groups excluding carboxylic acids is 2. The Morgan fingerprint density at radius 3 is 2.67 bits per heavy atom. The van der Waals surface area contributed by atoms with Crippen molar-refractivity contribution in [1.82, 2.24) is 5.32 Å². The van der Waals surface area contributed by atoms with Gasteiger partial charge in [-0.05, 0) is 18.4 Å². The number of nitrogens with two attached hydrogens (primary N) is 2. The Balaban J connectivity index is 2.41. The Morgan fingerprint density at radius 2 is 2.05 bits per heavy atom. The Labute approximate surface area is 123 Å². The van der Waals surface area contributed by atoms with Crippen molar-refractivity contribution in [3.63, 3.8) is 0 Å². The lowest BCUT2D eigenvalue weighted by Crippen LogP contribution is -2.37. The maximum Gasteiger partial charge on any atom is 0.328 e. The SMILES string of the molecule is NC(N)=NCCC[C@H](NC=O)C(=O)OCc1ccccc1. The highest BCUT2D eigenvalue weighted by Gasteiger charge is 2.18. The number of aliphatic imine (C=N–C) groups is 1. The quantitative estimate of drug-likeness (QED) is 0.193. The van der Waals surface area contributed by atoms with Gasteiger partial charge in [0, 0.05) is 6.54 Å². The minimum absolute atomic E-state index is 0.00144. The molecule has 114 valence electrons. The van der Waals surface area contributed by atoms with Crippen LogP contribution in [0.15, 0.2) is 35.3 Å². The van der Waals surface area contributed by atoms with Gasteiger partial charge in [0.15, 0.2) is 5.96 Å². The highest BCUT2D eigenvalue weighted by atomic mass is 16.5. The van der Waals surface area contributed by atoms with E-state index in [1.165, 1.54) is 0 Å². The molecule has 1 atom stereocenters. The van der Waals surface area contributed by atoms with Gasteiger partial charge in [0.25, 0.3) is 0 Å². The van der Waals surface area contributed by atoms with Gasteiger partial charge in [0.05, 0.1) is 0 Å². The summed E-state index contributed by atoms with van der Waals surface area (Å²) < 4.78 is 5.18. The lowest BCUT2D eigenvalue weighted by molar-refractivity contribution is -0.148. The summed E-state index contributed by atoms with van der Waals surface area (Å²) in [6.45, 7) is 0.565. The maximum absolute atomic E-state index is 11.9. The summed E-state index contributed by atoms with van der Waals surface area (Å²) >= 11 is 0. The molecule has 7 heteroatoms. The topological polar surface area (TPSA) is 120 Å². The van der Waals surface area contributed by atoms with Crippen LogP contribution in [0.5, 0.6) is 0 Å². The van der Waals surface area contributed by atoms with Crippen LogP contribution in [0.1, 0.15) is 18.4 Å². The van der Waals surface area contributed by atoms with Crippen LogP contribution in [0, 0.1) is 0 Å². The second-order valence-corrected chi connectivity index (χ2v) is 4.38. The number of benzene rings is 1. The van der Waals surface area contributed by atoms with Gasteiger partial charge in [-0.15, -0.1) is 0 Å². The molecule has 0 radical (unpaired) electrons. The molecule has 0 spiro atoms. The number of hydrogen-bond acceptors (Lipinski definition) is 4. The largest absolute Gasteiger partial charge is 0.459 e. The number of rotatable bonds is 9. The van der Waals surface area contributed by atoms with E-state index >= 15 is 0 Å². The van der Waals surface area contributed by atoms with Crippen LogP contribution in [0.4, 0.5) is 0 Å². The molecule has 7 nitrogen and oxygen atoms in total. The number of nitrogens with zero attached hydrogens (tertiary/aromatic N) is 1. The van der Waals surface area contributed by atoms with E-state index in [4.69, 9.17) is 16.2 Å². The number of guanidine groups is 1. The molecule has 0 bridgehead atoms. The molecule has 0 saturated carbocycles. The third kappa shape index (κ3) is 6.95. The molecule has 5 N–H and O–H groups in total. The molecule has 1 rings (SSSR count). The lowest BCUT2D eigenvalue weighted by atomic mass is 10.1. The zero-order valence-electron chi connectivity index (χ0n) is 11.7. The molecule has 0 fully saturated rings. The first-order valence-corrected chi connectivity index (χ1v) is 6.59. The molecule has 21 heavy (non-hydrogen) atoms. The monoisotopic (exact) mass is 292 g/mol. The van der Waals surface area contributed by atoms with Gasteiger partial charge < -0.3 is 21.5 Å². The Bertz CT molecular complexity index is 472. The Morgan fingerprint density at radius 1 is 1.33 bits per heavy atom. The summed E-state index contributed by atoms with van der Waals surface area (Å²) in [6, 6.07) is 8.62. The van der Waals surface area contributed by atoms with E-state index in [1.807, 2.05) is 30.3 Å². The van der Waals surface area contributed by atoms with Crippen molar-refractivity contribution in [2.24, 2.45) is 16.5 Å². The molecule has 1 aromatic rings. The fourth-order valence-corrected chi connectivity index (χ4v) is 1.68. The van der Waals surface area contributed by atoms with Crippen molar-refractivity contribution in [2.45, 2.75) is 25.5 Å². The summed E-state index contributed by atoms with van der Waals surface area (Å²) in [4.78, 5) is 26.3. The van der Waals surface area contributed by atoms with E-state index in [0.717, 1.165) is 5.56 Å². The van der Waals surface area contributed by atoms with Crippen LogP contribution >= 0.6 is 0 Å². The molecular formula is C14H20N4O3. The standard InChI is InChI=1S/C14H20N4O3/c15-14(16)17-8-4-7-12(18-10-19)13(20)21-9-11-5-2-1-3-6-11/h1-3,5-6,10,12H,4,7-9H2,(H,18,19)(H4,15,16,17)/t12-/m0/s1. The summed E-state index contributed by atoms with van der Waals surface area (Å²) in [7, 11) is 0. The summed E-state index contributed by atoms with van der Waals surface area (Å²) in [5.74, 6) is -0.475. The van der Waals surface area contributed by atoms with Crippen molar-refractivity contribution in [2.75, 3.05) is 6.54 Å². The zero-order chi connectivity index (χ0) is 15.5. The van der Waals surface area contributed by atoms with E-state index in [9.17, 15) is 9.59 Å². The second kappa shape index (κ2) is 9.35. The molecule has 0 saturated heterocycles. The molecule has 0 heterocycles. The van der Waals surface area contributed by atoms with Gasteiger partial charge in [-0.2, -0.15) is 0 Å². The highest BCUT2D eigenvalue weighted by Crippen LogP contribution is 2.05. The molecule has 0 aliphatic rings. The van der Waals surface area contributed by atoms with Gasteiger partial charge in [-0.25, -0.2) is 4.79 Å². The minimum atomic E-state index is -0.694. The van der Waals surface area contributed by atoms with Crippen molar-refractivity contribution >= 4 is 18.3 Å². The zero-order valence-corrected chi connectivity index (χ0v) is 11.7. The van der Waals surface area contributed by atoms with Crippen LogP contribution in [-0.4, -0.2) is 30.9 Å². The minimum Gasteiger partial charge on any atom is -0.459 e. The van der Waals surface area contributed by atoms with Crippen LogP contribution in [0.25, 0.3) is 0 Å². The molecule has 0 aliphatic heterocycles. The summed E-state index contributed by atoms with van der Waals surface area (Å²) in [5.41, 5.74) is 11.3. The van der Waals surface area contributed by atoms with Crippen molar-refractivity contribution in [3.05, 3.63) is 35.9 Å². The van der Waals surface area contributed by atoms with Gasteiger partial charge in [0.2, 0.25) is 6.41 Å². The van der Waals surface area contributed by atoms with Crippen molar-refractivity contribution in [3.8, 4) is 0 Å². The number of hydrogen-bond donors (Lipinski definition) is 3. The van der Waals surface area contributed by atoms with Gasteiger partial charge in [0.1, 0.15) is 12.6 Å². The fraction of sp³-hybridized carbons (Fsp3) is 0.357. The molecule has 1 amide bonds. The number of amides is 1. The summed E-state index contributed by atoms with van der Waals surface area (Å²) in [5, 5.41) is 2.44. The van der Waals surface area contributed by atoms with E-state index in [2.05, 4.69) is 10.3 Å². The predicted octanol–water partition coefficient (Wildman–Crippen LogP) is -0.102. The number of carbonyl (C=O) groups is 2. The normalized spacial score (nSPS) is 11.2. The third-order valence-corrected chi connectivity index (χ3v) is 2.72. The molecule has 0 aliphatic carbocycles. The van der Waals surface area contributed by atoms with E-state index < -0.39 is 12.0 Å². The first-order valence-electron chi connectivity index (χ1n) is 6.59. The molecule has 0 aromatic heterocycles. The Hall–Kier alpha value is -2.57. The highest BCUT2D eigenvalue weighted by molar-refractivity contribution is 5.78. The number of nitrogens with one attached hydrogen (secondary N) is 1. The smallest absolute Gasteiger partial charge is 0.328 e. The van der Waals surface area contributed by atoms with Gasteiger partial charge in [-0.1, -0.05) is 30.3 Å².